The predicted molar refractivity (Wildman–Crippen MR) is 176 cm³/mol. The first kappa shape index (κ1) is 33.3. The molecule has 234 valence electrons. The summed E-state index contributed by atoms with van der Waals surface area (Å²) in [6.07, 6.45) is 8.82. The lowest BCUT2D eigenvalue weighted by atomic mass is 9.93. The average molecular weight is 631 g/mol. The molecule has 0 aliphatic carbocycles. The first-order valence-electron chi connectivity index (χ1n) is 15.1. The van der Waals surface area contributed by atoms with E-state index in [9.17, 15) is 0 Å². The molecule has 4 heterocycles. The van der Waals surface area contributed by atoms with E-state index in [-0.39, 0.29) is 5.54 Å². The summed E-state index contributed by atoms with van der Waals surface area (Å²) >= 11 is 12.3. The molecule has 0 radical (unpaired) electrons. The van der Waals surface area contributed by atoms with Gasteiger partial charge in [-0.05, 0) is 92.5 Å². The van der Waals surface area contributed by atoms with Crippen molar-refractivity contribution in [2.45, 2.75) is 70.5 Å². The third-order valence-corrected chi connectivity index (χ3v) is 7.73. The van der Waals surface area contributed by atoms with Crippen LogP contribution in [-0.2, 0) is 9.47 Å². The van der Waals surface area contributed by atoms with E-state index in [1.54, 1.807) is 12.3 Å². The fraction of sp³-hybridized carbons (Fsp3) is 0.515. The van der Waals surface area contributed by atoms with Gasteiger partial charge in [0.05, 0.1) is 30.3 Å². The van der Waals surface area contributed by atoms with Gasteiger partial charge in [0.25, 0.3) is 0 Å². The maximum Gasteiger partial charge on any atom is 0.138 e. The Morgan fingerprint density at radius 2 is 1.51 bits per heavy atom. The van der Waals surface area contributed by atoms with Gasteiger partial charge in [-0.3, -0.25) is 0 Å². The lowest BCUT2D eigenvalue weighted by Gasteiger charge is -2.27. The lowest BCUT2D eigenvalue weighted by molar-refractivity contribution is 0.0874. The van der Waals surface area contributed by atoms with E-state index in [4.69, 9.17) is 43.1 Å². The maximum absolute atomic E-state index is 6.50. The summed E-state index contributed by atoms with van der Waals surface area (Å²) in [6, 6.07) is 14.1. The number of rotatable bonds is 10. The van der Waals surface area contributed by atoms with Crippen LogP contribution < -0.4 is 21.1 Å². The fourth-order valence-corrected chi connectivity index (χ4v) is 5.73. The van der Waals surface area contributed by atoms with Crippen LogP contribution in [0.4, 0.5) is 11.6 Å². The summed E-state index contributed by atoms with van der Waals surface area (Å²) < 4.78 is 16.8. The van der Waals surface area contributed by atoms with Crippen LogP contribution in [0.15, 0.2) is 54.9 Å². The van der Waals surface area contributed by atoms with Crippen LogP contribution in [-0.4, -0.2) is 60.6 Å². The SMILES string of the molecule is CC(C)C[C@](C)(N)COc1ccc(-c2ccnc(NC3CCCOC3)c2)cc1Cl.Clc1ccnc(NC2CCCOC2)c1. The number of hydrogen-bond acceptors (Lipinski definition) is 8. The summed E-state index contributed by atoms with van der Waals surface area (Å²) in [5.41, 5.74) is 8.03. The fourth-order valence-electron chi connectivity index (χ4n) is 5.33. The van der Waals surface area contributed by atoms with Gasteiger partial charge in [-0.1, -0.05) is 43.1 Å². The van der Waals surface area contributed by atoms with Crippen LogP contribution in [0.25, 0.3) is 11.1 Å². The molecule has 0 bridgehead atoms. The van der Waals surface area contributed by atoms with Crippen LogP contribution in [0, 0.1) is 5.92 Å². The largest absolute Gasteiger partial charge is 0.490 e. The molecule has 5 rings (SSSR count). The highest BCUT2D eigenvalue weighted by Gasteiger charge is 2.22. The average Bonchev–Trinajstić information content (AvgIpc) is 2.97. The number of nitrogens with two attached hydrogens (primary N) is 1. The smallest absolute Gasteiger partial charge is 0.138 e. The van der Waals surface area contributed by atoms with Gasteiger partial charge in [0.15, 0.2) is 0 Å². The summed E-state index contributed by atoms with van der Waals surface area (Å²) in [4.78, 5) is 8.62. The molecule has 2 aromatic heterocycles. The van der Waals surface area contributed by atoms with Crippen molar-refractivity contribution >= 4 is 34.8 Å². The number of benzene rings is 1. The standard InChI is InChI=1S/C23H32ClN3O2.C10H13ClN2O/c1-16(2)13-23(3,25)15-29-21-7-6-17(11-20(21)24)18-8-9-26-22(12-18)27-19-5-4-10-28-14-19;11-8-3-4-12-10(6-8)13-9-2-1-5-14-7-9/h6-9,11-12,16,19H,4-5,10,13-15,25H2,1-3H3,(H,26,27);3-4,6,9H,1-2,5,7H2,(H,12,13)/t19?,23-;/m0./s1. The number of halogens is 2. The van der Waals surface area contributed by atoms with Crippen molar-refractivity contribution in [3.05, 3.63) is 64.9 Å². The zero-order valence-corrected chi connectivity index (χ0v) is 27.0. The van der Waals surface area contributed by atoms with Crippen LogP contribution >= 0.6 is 23.2 Å². The third-order valence-electron chi connectivity index (χ3n) is 7.20. The van der Waals surface area contributed by atoms with Crippen LogP contribution in [0.3, 0.4) is 0 Å². The van der Waals surface area contributed by atoms with Crippen molar-refractivity contribution in [2.24, 2.45) is 11.7 Å². The van der Waals surface area contributed by atoms with Crippen LogP contribution in [0.5, 0.6) is 5.75 Å². The molecule has 3 atom stereocenters. The Kier molecular flexibility index (Phi) is 12.7. The van der Waals surface area contributed by atoms with E-state index in [1.165, 1.54) is 0 Å². The maximum atomic E-state index is 6.50. The highest BCUT2D eigenvalue weighted by Crippen LogP contribution is 2.32. The molecule has 0 amide bonds. The van der Waals surface area contributed by atoms with Gasteiger partial charge in [-0.25, -0.2) is 9.97 Å². The number of nitrogens with one attached hydrogen (secondary N) is 2. The molecule has 8 nitrogen and oxygen atoms in total. The zero-order valence-electron chi connectivity index (χ0n) is 25.5. The van der Waals surface area contributed by atoms with Gasteiger partial charge in [0.2, 0.25) is 0 Å². The molecular weight excluding hydrogens is 585 g/mol. The van der Waals surface area contributed by atoms with Crippen molar-refractivity contribution in [3.63, 3.8) is 0 Å². The Labute approximate surface area is 266 Å². The summed E-state index contributed by atoms with van der Waals surface area (Å²) in [6.45, 7) is 9.96. The second-order valence-corrected chi connectivity index (χ2v) is 12.9. The van der Waals surface area contributed by atoms with Gasteiger partial charge in [-0.2, -0.15) is 0 Å². The number of aromatic nitrogens is 2. The lowest BCUT2D eigenvalue weighted by Crippen LogP contribution is -2.43. The van der Waals surface area contributed by atoms with Gasteiger partial charge in [-0.15, -0.1) is 0 Å². The Morgan fingerprint density at radius 3 is 2.07 bits per heavy atom. The van der Waals surface area contributed by atoms with E-state index >= 15 is 0 Å². The molecule has 2 fully saturated rings. The minimum absolute atomic E-state index is 0.308. The molecular formula is C33H45Cl2N5O3. The van der Waals surface area contributed by atoms with Gasteiger partial charge in [0.1, 0.15) is 24.0 Å². The Morgan fingerprint density at radius 1 is 0.907 bits per heavy atom. The minimum atomic E-state index is -0.384. The van der Waals surface area contributed by atoms with Crippen molar-refractivity contribution in [1.82, 2.24) is 9.97 Å². The Hall–Kier alpha value is -2.62. The number of ether oxygens (including phenoxy) is 3. The number of pyridine rings is 2. The summed E-state index contributed by atoms with van der Waals surface area (Å²) in [5.74, 6) is 2.85. The molecule has 2 aliphatic rings. The zero-order chi connectivity index (χ0) is 30.7. The van der Waals surface area contributed by atoms with Crippen LogP contribution in [0.2, 0.25) is 10.0 Å². The van der Waals surface area contributed by atoms with E-state index in [0.717, 1.165) is 81.3 Å². The van der Waals surface area contributed by atoms with E-state index in [2.05, 4.69) is 34.4 Å². The van der Waals surface area contributed by atoms with Gasteiger partial charge >= 0.3 is 0 Å². The summed E-state index contributed by atoms with van der Waals surface area (Å²) in [7, 11) is 0. The predicted octanol–water partition coefficient (Wildman–Crippen LogP) is 7.46. The molecule has 2 saturated heterocycles. The van der Waals surface area contributed by atoms with Crippen molar-refractivity contribution in [3.8, 4) is 16.9 Å². The quantitative estimate of drug-likeness (QED) is 0.212. The van der Waals surface area contributed by atoms with Crippen molar-refractivity contribution in [1.29, 1.82) is 0 Å². The number of anilines is 2. The second kappa shape index (κ2) is 16.5. The number of nitrogens with zero attached hydrogens (tertiary/aromatic N) is 2. The first-order chi connectivity index (χ1) is 20.7. The van der Waals surface area contributed by atoms with Gasteiger partial charge < -0.3 is 30.6 Å². The molecule has 43 heavy (non-hydrogen) atoms. The molecule has 0 saturated carbocycles. The second-order valence-electron chi connectivity index (χ2n) is 12.1. The van der Waals surface area contributed by atoms with Crippen LogP contribution in [0.1, 0.15) is 52.9 Å². The molecule has 4 N–H and O–H groups in total. The topological polar surface area (TPSA) is 104 Å². The number of hydrogen-bond donors (Lipinski definition) is 3. The molecule has 0 spiro atoms. The molecule has 1 aromatic carbocycles. The monoisotopic (exact) mass is 629 g/mol. The van der Waals surface area contributed by atoms with Crippen molar-refractivity contribution < 1.29 is 14.2 Å². The highest BCUT2D eigenvalue weighted by molar-refractivity contribution is 6.32. The Balaban J connectivity index is 0.000000251. The minimum Gasteiger partial charge on any atom is -0.490 e. The third kappa shape index (κ3) is 11.4. The molecule has 2 unspecified atom stereocenters. The molecule has 3 aromatic rings. The Bertz CT molecular complexity index is 1280. The molecule has 10 heteroatoms. The van der Waals surface area contributed by atoms with Gasteiger partial charge in [0, 0.05) is 36.2 Å². The molecule has 2 aliphatic heterocycles. The van der Waals surface area contributed by atoms with E-state index in [1.807, 2.05) is 49.5 Å². The van der Waals surface area contributed by atoms with E-state index in [0.29, 0.717) is 40.4 Å². The highest BCUT2D eigenvalue weighted by atomic mass is 35.5. The van der Waals surface area contributed by atoms with Crippen molar-refractivity contribution in [2.75, 3.05) is 43.7 Å². The first-order valence-corrected chi connectivity index (χ1v) is 15.9. The normalized spacial score (nSPS) is 20.0. The van der Waals surface area contributed by atoms with E-state index < -0.39 is 0 Å². The summed E-state index contributed by atoms with van der Waals surface area (Å²) in [5, 5.41) is 8.05.